The fourth-order valence-electron chi connectivity index (χ4n) is 0.791. The van der Waals surface area contributed by atoms with E-state index < -0.39 is 21.9 Å². The topological polar surface area (TPSA) is 63.2 Å². The first-order valence-corrected chi connectivity index (χ1v) is 6.22. The highest BCUT2D eigenvalue weighted by Gasteiger charge is 2.38. The maximum atomic E-state index is 11.6. The fraction of sp³-hybridized carbons (Fsp3) is 0.857. The van der Waals surface area contributed by atoms with E-state index in [1.165, 1.54) is 0 Å². The van der Waals surface area contributed by atoms with Gasteiger partial charge in [0, 0.05) is 18.6 Å². The maximum Gasteiger partial charge on any atom is 0.471 e. The van der Waals surface area contributed by atoms with E-state index in [2.05, 4.69) is 0 Å². The summed E-state index contributed by atoms with van der Waals surface area (Å²) in [5.74, 6) is -2.09. The number of unbranched alkanes of at least 4 members (excludes halogenated alkanes) is 1. The van der Waals surface area contributed by atoms with Crippen LogP contribution in [0.1, 0.15) is 12.8 Å². The molecule has 0 heterocycles. The molecule has 0 radical (unpaired) electrons. The van der Waals surface area contributed by atoms with E-state index in [0.717, 1.165) is 6.26 Å². The Labute approximate surface area is 85.8 Å². The van der Waals surface area contributed by atoms with Crippen LogP contribution in [0.5, 0.6) is 0 Å². The van der Waals surface area contributed by atoms with Crippen LogP contribution in [0.2, 0.25) is 0 Å². The average Bonchev–Trinajstić information content (AvgIpc) is 1.99. The summed E-state index contributed by atoms with van der Waals surface area (Å²) < 4.78 is 56.2. The Balaban J connectivity index is 3.61. The molecule has 0 aromatic heterocycles. The minimum atomic E-state index is -4.88. The molecule has 0 rings (SSSR count). The van der Waals surface area contributed by atoms with Crippen LogP contribution in [-0.4, -0.2) is 39.1 Å². The number of rotatable bonds is 5. The molecule has 0 spiro atoms. The zero-order valence-electron chi connectivity index (χ0n) is 8.10. The number of nitrogens with one attached hydrogen (secondary N) is 1. The number of carbonyl (C=O) groups excluding carboxylic acids is 1. The Morgan fingerprint density at radius 1 is 1.27 bits per heavy atom. The van der Waals surface area contributed by atoms with Gasteiger partial charge in [-0.3, -0.25) is 4.79 Å². The van der Waals surface area contributed by atoms with E-state index in [1.807, 2.05) is 0 Å². The molecule has 90 valence electrons. The quantitative estimate of drug-likeness (QED) is 0.719. The van der Waals surface area contributed by atoms with Gasteiger partial charge in [-0.1, -0.05) is 0 Å². The van der Waals surface area contributed by atoms with Crippen molar-refractivity contribution in [3.63, 3.8) is 0 Å². The number of hydrogen-bond donors (Lipinski definition) is 1. The van der Waals surface area contributed by atoms with Gasteiger partial charge < -0.3 is 5.32 Å². The number of amides is 1. The van der Waals surface area contributed by atoms with E-state index in [1.54, 1.807) is 5.32 Å². The van der Waals surface area contributed by atoms with Gasteiger partial charge in [0.1, 0.15) is 9.84 Å². The van der Waals surface area contributed by atoms with Gasteiger partial charge >= 0.3 is 12.1 Å². The third kappa shape index (κ3) is 8.22. The van der Waals surface area contributed by atoms with Crippen LogP contribution in [0.25, 0.3) is 0 Å². The van der Waals surface area contributed by atoms with Gasteiger partial charge in [0.15, 0.2) is 0 Å². The van der Waals surface area contributed by atoms with Crippen molar-refractivity contribution in [2.24, 2.45) is 0 Å². The van der Waals surface area contributed by atoms with Crippen LogP contribution >= 0.6 is 0 Å². The summed E-state index contributed by atoms with van der Waals surface area (Å²) in [6.07, 6.45) is -3.40. The second-order valence-electron chi connectivity index (χ2n) is 3.09. The highest BCUT2D eigenvalue weighted by Crippen LogP contribution is 2.13. The number of carbonyl (C=O) groups is 1. The number of hydrogen-bond acceptors (Lipinski definition) is 3. The molecule has 0 aliphatic rings. The van der Waals surface area contributed by atoms with E-state index >= 15 is 0 Å². The molecule has 0 unspecified atom stereocenters. The van der Waals surface area contributed by atoms with Crippen molar-refractivity contribution in [3.8, 4) is 0 Å². The second kappa shape index (κ2) is 5.34. The van der Waals surface area contributed by atoms with Crippen molar-refractivity contribution in [2.75, 3.05) is 18.6 Å². The summed E-state index contributed by atoms with van der Waals surface area (Å²) in [5.41, 5.74) is 0. The highest BCUT2D eigenvalue weighted by atomic mass is 32.2. The van der Waals surface area contributed by atoms with Crippen molar-refractivity contribution in [1.29, 1.82) is 0 Å². The van der Waals surface area contributed by atoms with Gasteiger partial charge in [-0.2, -0.15) is 13.2 Å². The van der Waals surface area contributed by atoms with Crippen molar-refractivity contribution >= 4 is 15.7 Å². The average molecular weight is 247 g/mol. The molecule has 0 saturated heterocycles. The van der Waals surface area contributed by atoms with E-state index in [9.17, 15) is 26.4 Å². The molecular weight excluding hydrogens is 235 g/mol. The van der Waals surface area contributed by atoms with Crippen LogP contribution < -0.4 is 5.32 Å². The SMILES string of the molecule is CS(=O)(=O)CCCCNC(=O)C(F)(F)F. The first-order valence-electron chi connectivity index (χ1n) is 4.15. The summed E-state index contributed by atoms with van der Waals surface area (Å²) >= 11 is 0. The van der Waals surface area contributed by atoms with Crippen LogP contribution in [0, 0.1) is 0 Å². The first-order chi connectivity index (χ1) is 6.63. The molecule has 0 saturated carbocycles. The summed E-state index contributed by atoms with van der Waals surface area (Å²) in [6, 6.07) is 0. The first kappa shape index (κ1) is 14.2. The molecule has 0 aliphatic heterocycles. The third-order valence-electron chi connectivity index (χ3n) is 1.48. The largest absolute Gasteiger partial charge is 0.471 e. The zero-order valence-corrected chi connectivity index (χ0v) is 8.91. The number of alkyl halides is 3. The summed E-state index contributed by atoms with van der Waals surface area (Å²) in [7, 11) is -3.09. The molecule has 0 aromatic carbocycles. The van der Waals surface area contributed by atoms with E-state index in [0.29, 0.717) is 0 Å². The van der Waals surface area contributed by atoms with Crippen molar-refractivity contribution in [3.05, 3.63) is 0 Å². The minimum absolute atomic E-state index is 0.0884. The molecule has 4 nitrogen and oxygen atoms in total. The normalized spacial score (nSPS) is 12.5. The molecular formula is C7H12F3NO3S. The summed E-state index contributed by atoms with van der Waals surface area (Å²) in [4.78, 5) is 10.3. The van der Waals surface area contributed by atoms with Crippen molar-refractivity contribution in [1.82, 2.24) is 5.32 Å². The Kier molecular flexibility index (Phi) is 5.06. The molecule has 15 heavy (non-hydrogen) atoms. The molecule has 1 amide bonds. The summed E-state index contributed by atoms with van der Waals surface area (Å²) in [6.45, 7) is -0.173. The lowest BCUT2D eigenvalue weighted by atomic mass is 10.3. The van der Waals surface area contributed by atoms with Crippen LogP contribution in [0.3, 0.4) is 0 Å². The monoisotopic (exact) mass is 247 g/mol. The van der Waals surface area contributed by atoms with Gasteiger partial charge in [0.25, 0.3) is 0 Å². The number of sulfone groups is 1. The van der Waals surface area contributed by atoms with Crippen molar-refractivity contribution in [2.45, 2.75) is 19.0 Å². The Hall–Kier alpha value is -0.790. The van der Waals surface area contributed by atoms with Crippen LogP contribution in [0.4, 0.5) is 13.2 Å². The molecule has 8 heteroatoms. The van der Waals surface area contributed by atoms with E-state index in [-0.39, 0.29) is 25.1 Å². The molecule has 0 fully saturated rings. The van der Waals surface area contributed by atoms with Crippen LogP contribution in [-0.2, 0) is 14.6 Å². The predicted molar refractivity (Wildman–Crippen MR) is 48.0 cm³/mol. The zero-order chi connectivity index (χ0) is 12.1. The lowest BCUT2D eigenvalue weighted by molar-refractivity contribution is -0.173. The Morgan fingerprint density at radius 2 is 1.80 bits per heavy atom. The standard InChI is InChI=1S/C7H12F3NO3S/c1-15(13,14)5-3-2-4-11-6(12)7(8,9)10/h2-5H2,1H3,(H,11,12). The van der Waals surface area contributed by atoms with Gasteiger partial charge in [-0.25, -0.2) is 8.42 Å². The molecule has 0 bridgehead atoms. The van der Waals surface area contributed by atoms with E-state index in [4.69, 9.17) is 0 Å². The summed E-state index contributed by atoms with van der Waals surface area (Å²) in [5, 5.41) is 1.65. The van der Waals surface area contributed by atoms with Gasteiger partial charge in [-0.15, -0.1) is 0 Å². The lowest BCUT2D eigenvalue weighted by Gasteiger charge is -2.07. The molecule has 0 atom stereocenters. The van der Waals surface area contributed by atoms with Crippen molar-refractivity contribution < 1.29 is 26.4 Å². The Morgan fingerprint density at radius 3 is 2.20 bits per heavy atom. The highest BCUT2D eigenvalue weighted by molar-refractivity contribution is 7.90. The predicted octanol–water partition coefficient (Wildman–Crippen LogP) is 0.490. The van der Waals surface area contributed by atoms with Gasteiger partial charge in [0.2, 0.25) is 0 Å². The molecule has 0 aliphatic carbocycles. The molecule has 1 N–H and O–H groups in total. The second-order valence-corrected chi connectivity index (χ2v) is 5.35. The molecule has 0 aromatic rings. The third-order valence-corrected chi connectivity index (χ3v) is 2.52. The number of halogens is 3. The van der Waals surface area contributed by atoms with Gasteiger partial charge in [-0.05, 0) is 12.8 Å². The Bertz CT molecular complexity index is 310. The van der Waals surface area contributed by atoms with Crippen LogP contribution in [0.15, 0.2) is 0 Å². The smallest absolute Gasteiger partial charge is 0.348 e. The maximum absolute atomic E-state index is 11.6. The van der Waals surface area contributed by atoms with Gasteiger partial charge in [0.05, 0.1) is 0 Å². The lowest BCUT2D eigenvalue weighted by Crippen LogP contribution is -2.37. The fourth-order valence-corrected chi connectivity index (χ4v) is 1.52. The minimum Gasteiger partial charge on any atom is -0.348 e.